The molecule has 1 aromatic carbocycles. The van der Waals surface area contributed by atoms with Crippen molar-refractivity contribution in [3.8, 4) is 5.75 Å². The Kier molecular flexibility index (Phi) is 22.1. The molecule has 0 aliphatic rings. The minimum atomic E-state index is -1.51. The number of amides is 8. The highest BCUT2D eigenvalue weighted by Gasteiger charge is 2.32. The number of carbonyl (C=O) groups is 9. The van der Waals surface area contributed by atoms with Crippen LogP contribution in [0.15, 0.2) is 24.3 Å². The minimum Gasteiger partial charge on any atom is -0.508 e. The Morgan fingerprint density at radius 2 is 1.08 bits per heavy atom. The van der Waals surface area contributed by atoms with Crippen LogP contribution in [-0.2, 0) is 49.6 Å². The van der Waals surface area contributed by atoms with Gasteiger partial charge in [-0.1, -0.05) is 53.7 Å². The molecule has 1 aromatic rings. The van der Waals surface area contributed by atoms with Crippen molar-refractivity contribution < 1.29 is 58.5 Å². The molecule has 8 amide bonds. The summed E-state index contributed by atoms with van der Waals surface area (Å²) < 4.78 is 0. The Balaban J connectivity index is 3.04. The van der Waals surface area contributed by atoms with Crippen LogP contribution in [-0.4, -0.2) is 131 Å². The first-order chi connectivity index (χ1) is 27.5. The normalized spacial score (nSPS) is 14.1. The van der Waals surface area contributed by atoms with E-state index in [1.165, 1.54) is 31.2 Å². The molecule has 0 saturated carbocycles. The van der Waals surface area contributed by atoms with Crippen LogP contribution in [0.25, 0.3) is 0 Å². The topological polar surface area (TPSA) is 337 Å². The summed E-state index contributed by atoms with van der Waals surface area (Å²) in [7, 11) is 0. The fourth-order valence-corrected chi connectivity index (χ4v) is 5.34. The van der Waals surface area contributed by atoms with Gasteiger partial charge in [0, 0.05) is 6.42 Å². The zero-order chi connectivity index (χ0) is 45.0. The summed E-state index contributed by atoms with van der Waals surface area (Å²) in [6.45, 7) is 9.25. The zero-order valence-corrected chi connectivity index (χ0v) is 34.5. The standard InChI is InChI=1S/C38H61N9O12/c1-19(2)12-25(39)33(53)41-15-29(50)40-16-30(51)44-27(14-23-8-10-24(49)11-9-23)35(55)47-32(21(5)6)37(57)46-26(13-20(3)4)34(54)42-17-31(52)45-28(18-48)36(56)43-22(7)38(58)59/h8-11,19-22,25-28,32,48-49H,12-18,39H2,1-7H3,(H,40,50)(H,41,53)(H,42,54)(H,43,56)(H,44,51)(H,45,52)(H,46,57)(H,47,55)(H,58,59)/t22-,25-,26-,27-,28-,32-/m0/s1. The largest absolute Gasteiger partial charge is 0.508 e. The number of benzene rings is 1. The third kappa shape index (κ3) is 19.9. The Morgan fingerprint density at radius 1 is 0.576 bits per heavy atom. The summed E-state index contributed by atoms with van der Waals surface area (Å²) in [6.07, 6.45) is 0.413. The number of phenolic OH excluding ortho intramolecular Hbond substituents is 1. The number of nitrogens with one attached hydrogen (secondary N) is 8. The predicted molar refractivity (Wildman–Crippen MR) is 213 cm³/mol. The molecule has 21 nitrogen and oxygen atoms in total. The first kappa shape index (κ1) is 51.2. The monoisotopic (exact) mass is 835 g/mol. The number of aromatic hydroxyl groups is 1. The molecular weight excluding hydrogens is 774 g/mol. The van der Waals surface area contributed by atoms with E-state index in [2.05, 4.69) is 42.5 Å². The molecular formula is C38H61N9O12. The van der Waals surface area contributed by atoms with Crippen LogP contribution < -0.4 is 48.3 Å². The molecule has 13 N–H and O–H groups in total. The summed E-state index contributed by atoms with van der Waals surface area (Å²) in [5, 5.41) is 47.5. The van der Waals surface area contributed by atoms with Gasteiger partial charge in [0.1, 0.15) is 36.0 Å². The highest BCUT2D eigenvalue weighted by atomic mass is 16.4. The highest BCUT2D eigenvalue weighted by molar-refractivity contribution is 5.96. The van der Waals surface area contributed by atoms with Crippen molar-refractivity contribution in [1.29, 1.82) is 0 Å². The quantitative estimate of drug-likeness (QED) is 0.0465. The van der Waals surface area contributed by atoms with E-state index < -0.39 is 122 Å². The van der Waals surface area contributed by atoms with E-state index in [0.717, 1.165) is 0 Å². The fourth-order valence-electron chi connectivity index (χ4n) is 5.34. The SMILES string of the molecule is CC(C)C[C@H](NC(=O)[C@@H](NC(=O)[C@H](Cc1ccc(O)cc1)NC(=O)CNC(=O)CNC(=O)[C@@H](N)CC(C)C)C(C)C)C(=O)NCC(=O)N[C@@H](CO)C(=O)N[C@@H](C)C(=O)O. The smallest absolute Gasteiger partial charge is 0.325 e. The number of phenols is 1. The second-order valence-electron chi connectivity index (χ2n) is 15.2. The maximum atomic E-state index is 13.8. The number of hydrogen-bond donors (Lipinski definition) is 12. The molecule has 21 heteroatoms. The molecule has 1 rings (SSSR count). The summed E-state index contributed by atoms with van der Waals surface area (Å²) >= 11 is 0. The van der Waals surface area contributed by atoms with Crippen molar-refractivity contribution in [2.45, 2.75) is 104 Å². The lowest BCUT2D eigenvalue weighted by molar-refractivity contribution is -0.142. The lowest BCUT2D eigenvalue weighted by atomic mass is 9.99. The van der Waals surface area contributed by atoms with E-state index in [1.807, 2.05) is 13.8 Å². The number of aliphatic hydroxyl groups is 1. The lowest BCUT2D eigenvalue weighted by Gasteiger charge is -2.28. The summed E-state index contributed by atoms with van der Waals surface area (Å²) in [4.78, 5) is 114. The Morgan fingerprint density at radius 3 is 1.61 bits per heavy atom. The molecule has 0 saturated heterocycles. The van der Waals surface area contributed by atoms with Crippen LogP contribution in [0.1, 0.15) is 66.9 Å². The average molecular weight is 836 g/mol. The van der Waals surface area contributed by atoms with Gasteiger partial charge in [-0.25, -0.2) is 0 Å². The number of hydrogen-bond acceptors (Lipinski definition) is 12. The maximum Gasteiger partial charge on any atom is 0.325 e. The van der Waals surface area contributed by atoms with Crippen molar-refractivity contribution in [2.24, 2.45) is 23.5 Å². The zero-order valence-electron chi connectivity index (χ0n) is 34.5. The first-order valence-corrected chi connectivity index (χ1v) is 19.2. The Hall–Kier alpha value is -5.83. The second-order valence-corrected chi connectivity index (χ2v) is 15.2. The average Bonchev–Trinajstić information content (AvgIpc) is 3.15. The van der Waals surface area contributed by atoms with E-state index in [0.29, 0.717) is 12.0 Å². The van der Waals surface area contributed by atoms with Gasteiger partial charge < -0.3 is 63.6 Å². The summed E-state index contributed by atoms with van der Waals surface area (Å²) in [5.74, 6) is -8.11. The van der Waals surface area contributed by atoms with E-state index >= 15 is 0 Å². The predicted octanol–water partition coefficient (Wildman–Crippen LogP) is -3.12. The van der Waals surface area contributed by atoms with Gasteiger partial charge in [0.15, 0.2) is 0 Å². The fraction of sp³-hybridized carbons (Fsp3) is 0.605. The van der Waals surface area contributed by atoms with Crippen LogP contribution in [0.4, 0.5) is 0 Å². The summed E-state index contributed by atoms with van der Waals surface area (Å²) in [6, 6.07) is -1.55. The number of rotatable bonds is 25. The van der Waals surface area contributed by atoms with Gasteiger partial charge in [-0.3, -0.25) is 43.2 Å². The minimum absolute atomic E-state index is 0.0414. The van der Waals surface area contributed by atoms with Crippen molar-refractivity contribution in [1.82, 2.24) is 42.5 Å². The molecule has 6 atom stereocenters. The third-order valence-electron chi connectivity index (χ3n) is 8.53. The van der Waals surface area contributed by atoms with Crippen LogP contribution >= 0.6 is 0 Å². The van der Waals surface area contributed by atoms with Gasteiger partial charge >= 0.3 is 5.97 Å². The number of carboxylic acid groups (broad SMARTS) is 1. The van der Waals surface area contributed by atoms with Crippen LogP contribution in [0, 0.1) is 17.8 Å². The van der Waals surface area contributed by atoms with Crippen LogP contribution in [0.2, 0.25) is 0 Å². The molecule has 0 radical (unpaired) electrons. The Bertz CT molecular complexity index is 1620. The molecule has 0 fully saturated rings. The lowest BCUT2D eigenvalue weighted by Crippen LogP contribution is -2.59. The molecule has 0 aliphatic carbocycles. The molecule has 330 valence electrons. The highest BCUT2D eigenvalue weighted by Crippen LogP contribution is 2.13. The van der Waals surface area contributed by atoms with Crippen molar-refractivity contribution in [3.63, 3.8) is 0 Å². The third-order valence-corrected chi connectivity index (χ3v) is 8.53. The van der Waals surface area contributed by atoms with Crippen LogP contribution in [0.3, 0.4) is 0 Å². The second kappa shape index (κ2) is 25.5. The van der Waals surface area contributed by atoms with Crippen molar-refractivity contribution in [3.05, 3.63) is 29.8 Å². The molecule has 0 heterocycles. The van der Waals surface area contributed by atoms with Crippen molar-refractivity contribution in [2.75, 3.05) is 26.2 Å². The maximum absolute atomic E-state index is 13.8. The summed E-state index contributed by atoms with van der Waals surface area (Å²) in [5.41, 5.74) is 6.35. The van der Waals surface area contributed by atoms with E-state index in [-0.39, 0.29) is 30.4 Å². The van der Waals surface area contributed by atoms with Gasteiger partial charge in [0.05, 0.1) is 32.3 Å². The molecule has 0 bridgehead atoms. The number of nitrogens with two attached hydrogens (primary N) is 1. The molecule has 0 aromatic heterocycles. The molecule has 59 heavy (non-hydrogen) atoms. The van der Waals surface area contributed by atoms with Gasteiger partial charge in [-0.2, -0.15) is 0 Å². The number of carbonyl (C=O) groups excluding carboxylic acids is 8. The Labute approximate surface area is 343 Å². The van der Waals surface area contributed by atoms with Gasteiger partial charge in [0.25, 0.3) is 0 Å². The number of aliphatic carboxylic acids is 1. The van der Waals surface area contributed by atoms with E-state index in [9.17, 15) is 53.4 Å². The molecule has 0 aliphatic heterocycles. The van der Waals surface area contributed by atoms with E-state index in [4.69, 9.17) is 10.8 Å². The van der Waals surface area contributed by atoms with Crippen LogP contribution in [0.5, 0.6) is 5.75 Å². The molecule has 0 unspecified atom stereocenters. The van der Waals surface area contributed by atoms with Gasteiger partial charge in [-0.05, 0) is 55.2 Å². The molecule has 0 spiro atoms. The van der Waals surface area contributed by atoms with Gasteiger partial charge in [0.2, 0.25) is 47.3 Å². The van der Waals surface area contributed by atoms with Crippen molar-refractivity contribution >= 4 is 53.2 Å². The first-order valence-electron chi connectivity index (χ1n) is 19.2. The number of carboxylic acids is 1. The van der Waals surface area contributed by atoms with Gasteiger partial charge in [-0.15, -0.1) is 0 Å². The van der Waals surface area contributed by atoms with E-state index in [1.54, 1.807) is 27.7 Å². The number of aliphatic hydroxyl groups excluding tert-OH is 1.